The zero-order chi connectivity index (χ0) is 49.3. The van der Waals surface area contributed by atoms with Crippen molar-refractivity contribution in [1.82, 2.24) is 0 Å². The molecule has 0 spiro atoms. The zero-order valence-electron chi connectivity index (χ0n) is 41.4. The van der Waals surface area contributed by atoms with Crippen LogP contribution in [0.3, 0.4) is 0 Å². The Bertz CT molecular complexity index is 3300. The van der Waals surface area contributed by atoms with Crippen molar-refractivity contribution in [2.75, 3.05) is 13.2 Å². The molecule has 2 N–H and O–H groups in total. The molecule has 2 nitrogen and oxygen atoms in total. The third-order valence-electron chi connectivity index (χ3n) is 17.7. The molecule has 0 radical (unpaired) electrons. The highest BCUT2D eigenvalue weighted by molar-refractivity contribution is 5.86. The SMILES string of the molecule is CC(C1(CO)c2ccccc2-c2ccccc21)C1(CO)c2ccccc2-c2ccccc21.CC(C1c2ccccc2-c2ccccc21)C1c2ccccc2-c2ccccc21.c1ccc2c(c1)Cc1ccccc1-2. The molecule has 0 fully saturated rings. The Labute approximate surface area is 430 Å². The number of aliphatic hydroxyl groups excluding tert-OH is 2. The van der Waals surface area contributed by atoms with Crippen LogP contribution in [0.25, 0.3) is 55.6 Å². The normalized spacial score (nSPS) is 15.0. The number of rotatable bonds is 6. The molecule has 2 heteroatoms. The van der Waals surface area contributed by atoms with Gasteiger partial charge in [-0.05, 0) is 130 Å². The summed E-state index contributed by atoms with van der Waals surface area (Å²) >= 11 is 0. The van der Waals surface area contributed by atoms with Crippen LogP contribution in [0.5, 0.6) is 0 Å². The van der Waals surface area contributed by atoms with Gasteiger partial charge in [-0.2, -0.15) is 0 Å². The third-order valence-corrected chi connectivity index (χ3v) is 17.7. The van der Waals surface area contributed by atoms with E-state index in [-0.39, 0.29) is 19.1 Å². The summed E-state index contributed by atoms with van der Waals surface area (Å²) in [5.74, 6) is 1.24. The Morgan fingerprint density at radius 3 is 0.836 bits per heavy atom. The molecule has 354 valence electrons. The summed E-state index contributed by atoms with van der Waals surface area (Å²) in [6, 6.07) is 87.0. The van der Waals surface area contributed by atoms with Crippen molar-refractivity contribution in [2.45, 2.75) is 42.9 Å². The molecule has 5 aliphatic rings. The van der Waals surface area contributed by atoms with Crippen LogP contribution in [0.15, 0.2) is 243 Å². The first kappa shape index (κ1) is 45.0. The van der Waals surface area contributed by atoms with E-state index in [1.54, 1.807) is 0 Å². The van der Waals surface area contributed by atoms with Crippen molar-refractivity contribution in [1.29, 1.82) is 0 Å². The Kier molecular flexibility index (Phi) is 11.1. The summed E-state index contributed by atoms with van der Waals surface area (Å²) in [7, 11) is 0. The van der Waals surface area contributed by atoms with Crippen LogP contribution in [0, 0.1) is 11.8 Å². The molecular formula is C71H58O2. The lowest BCUT2D eigenvalue weighted by atomic mass is 9.56. The smallest absolute Gasteiger partial charge is 0.0572 e. The van der Waals surface area contributed by atoms with E-state index in [1.165, 1.54) is 89.0 Å². The Hall–Kier alpha value is -7.88. The van der Waals surface area contributed by atoms with Gasteiger partial charge in [0, 0.05) is 22.7 Å². The molecule has 10 aromatic rings. The predicted molar refractivity (Wildman–Crippen MR) is 300 cm³/mol. The summed E-state index contributed by atoms with van der Waals surface area (Å²) < 4.78 is 0. The highest BCUT2D eigenvalue weighted by atomic mass is 16.3. The Morgan fingerprint density at radius 2 is 0.548 bits per heavy atom. The van der Waals surface area contributed by atoms with E-state index in [4.69, 9.17) is 0 Å². The van der Waals surface area contributed by atoms with Crippen molar-refractivity contribution in [3.63, 3.8) is 0 Å². The minimum atomic E-state index is -0.625. The standard InChI is InChI=1S/C30H26O2.C28H22.C13H10/c1-20(29(18-31)25-14-6-2-10-21(25)22-11-3-7-15-26(22)29)30(19-32)27-16-8-4-12-23(27)24-13-5-9-17-28(24)30;1-18(27-23-14-6-2-10-19(23)20-11-3-7-15-24(20)27)28-25-16-8-4-12-21(25)22-13-5-9-17-26(22)28;1-3-7-12-10(5-1)9-11-6-2-4-8-13(11)12/h2-17,20,31-32H,18-19H2,1H3;2-18,27-28H,1H3;1-8H,9H2. The van der Waals surface area contributed by atoms with Gasteiger partial charge in [-0.3, -0.25) is 0 Å². The fourth-order valence-electron chi connectivity index (χ4n) is 14.5. The maximum Gasteiger partial charge on any atom is 0.0572 e. The second-order valence-corrected chi connectivity index (χ2v) is 20.8. The highest BCUT2D eigenvalue weighted by Gasteiger charge is 2.58. The third kappa shape index (κ3) is 6.70. The van der Waals surface area contributed by atoms with Crippen molar-refractivity contribution < 1.29 is 10.2 Å². The van der Waals surface area contributed by atoms with E-state index < -0.39 is 10.8 Å². The van der Waals surface area contributed by atoms with Gasteiger partial charge in [-0.25, -0.2) is 0 Å². The highest BCUT2D eigenvalue weighted by Crippen LogP contribution is 2.62. The monoisotopic (exact) mass is 942 g/mol. The fraction of sp³-hybridized carbons (Fsp3) is 0.155. The molecule has 10 aromatic carbocycles. The van der Waals surface area contributed by atoms with Gasteiger partial charge in [0.25, 0.3) is 0 Å². The van der Waals surface area contributed by atoms with Crippen molar-refractivity contribution in [3.8, 4) is 55.6 Å². The maximum atomic E-state index is 11.2. The summed E-state index contributed by atoms with van der Waals surface area (Å²) in [5.41, 5.74) is 25.4. The molecule has 0 saturated heterocycles. The van der Waals surface area contributed by atoms with Crippen LogP contribution in [0.2, 0.25) is 0 Å². The number of hydrogen-bond acceptors (Lipinski definition) is 2. The molecule has 0 aromatic heterocycles. The average Bonchev–Trinajstić information content (AvgIpc) is 4.25. The van der Waals surface area contributed by atoms with E-state index in [2.05, 4.69) is 257 Å². The Morgan fingerprint density at radius 1 is 0.315 bits per heavy atom. The second kappa shape index (κ2) is 18.0. The van der Waals surface area contributed by atoms with Crippen molar-refractivity contribution >= 4 is 0 Å². The molecular weight excluding hydrogens is 885 g/mol. The van der Waals surface area contributed by atoms with Crippen LogP contribution in [0.1, 0.15) is 81.3 Å². The zero-order valence-corrected chi connectivity index (χ0v) is 41.4. The van der Waals surface area contributed by atoms with Gasteiger partial charge < -0.3 is 10.2 Å². The predicted octanol–water partition coefficient (Wildman–Crippen LogP) is 16.0. The molecule has 0 heterocycles. The number of hydrogen-bond donors (Lipinski definition) is 2. The van der Waals surface area contributed by atoms with Crippen LogP contribution in [0.4, 0.5) is 0 Å². The molecule has 0 amide bonds. The summed E-state index contributed by atoms with van der Waals surface area (Å²) in [6.07, 6.45) is 1.10. The summed E-state index contributed by atoms with van der Waals surface area (Å²) in [6.45, 7) is 4.62. The van der Waals surface area contributed by atoms with Gasteiger partial charge in [-0.15, -0.1) is 0 Å². The minimum absolute atomic E-state index is 0.0196. The second-order valence-electron chi connectivity index (χ2n) is 20.8. The van der Waals surface area contributed by atoms with Crippen LogP contribution in [-0.4, -0.2) is 23.4 Å². The molecule has 0 aliphatic heterocycles. The first-order chi connectivity index (χ1) is 36.0. The fourth-order valence-corrected chi connectivity index (χ4v) is 14.5. The first-order valence-corrected chi connectivity index (χ1v) is 26.1. The number of aliphatic hydroxyl groups is 2. The number of benzene rings is 10. The van der Waals surface area contributed by atoms with Gasteiger partial charge in [0.05, 0.1) is 13.2 Å². The molecule has 5 aliphatic carbocycles. The van der Waals surface area contributed by atoms with Gasteiger partial charge in [-0.1, -0.05) is 257 Å². The summed E-state index contributed by atoms with van der Waals surface area (Å²) in [5, 5.41) is 22.3. The van der Waals surface area contributed by atoms with E-state index in [0.717, 1.165) is 28.7 Å². The van der Waals surface area contributed by atoms with E-state index in [0.29, 0.717) is 17.8 Å². The van der Waals surface area contributed by atoms with Gasteiger partial charge in [0.15, 0.2) is 0 Å². The summed E-state index contributed by atoms with van der Waals surface area (Å²) in [4.78, 5) is 0. The first-order valence-electron chi connectivity index (χ1n) is 26.1. The lowest BCUT2D eigenvalue weighted by Crippen LogP contribution is -2.50. The van der Waals surface area contributed by atoms with Crippen molar-refractivity contribution in [3.05, 3.63) is 298 Å². The molecule has 15 rings (SSSR count). The van der Waals surface area contributed by atoms with E-state index in [9.17, 15) is 10.2 Å². The minimum Gasteiger partial charge on any atom is -0.395 e. The topological polar surface area (TPSA) is 40.5 Å². The molecule has 0 unspecified atom stereocenters. The van der Waals surface area contributed by atoms with E-state index >= 15 is 0 Å². The Balaban J connectivity index is 0.000000114. The maximum absolute atomic E-state index is 11.2. The molecule has 0 saturated carbocycles. The van der Waals surface area contributed by atoms with Crippen LogP contribution < -0.4 is 0 Å². The molecule has 0 atom stereocenters. The lowest BCUT2D eigenvalue weighted by Gasteiger charge is -2.47. The van der Waals surface area contributed by atoms with Gasteiger partial charge >= 0.3 is 0 Å². The van der Waals surface area contributed by atoms with Crippen LogP contribution in [-0.2, 0) is 17.3 Å². The van der Waals surface area contributed by atoms with Crippen LogP contribution >= 0.6 is 0 Å². The lowest BCUT2D eigenvalue weighted by molar-refractivity contribution is 0.0981. The molecule has 0 bridgehead atoms. The number of fused-ring (bicyclic) bond motifs is 15. The largest absolute Gasteiger partial charge is 0.395 e. The van der Waals surface area contributed by atoms with Crippen molar-refractivity contribution in [2.24, 2.45) is 11.8 Å². The molecule has 73 heavy (non-hydrogen) atoms. The average molecular weight is 943 g/mol. The van der Waals surface area contributed by atoms with Gasteiger partial charge in [0.1, 0.15) is 0 Å². The van der Waals surface area contributed by atoms with E-state index in [1.807, 2.05) is 0 Å². The quantitative estimate of drug-likeness (QED) is 0.174. The van der Waals surface area contributed by atoms with Gasteiger partial charge in [0.2, 0.25) is 0 Å².